The molecule has 1 aromatic rings. The fourth-order valence-electron chi connectivity index (χ4n) is 1.45. The second kappa shape index (κ2) is 6.54. The third-order valence-electron chi connectivity index (χ3n) is 2.23. The summed E-state index contributed by atoms with van der Waals surface area (Å²) >= 11 is 4.35. The average Bonchev–Trinajstić information content (AvgIpc) is 2.23. The molecule has 5 heteroatoms. The van der Waals surface area contributed by atoms with Crippen molar-refractivity contribution < 1.29 is 15.0 Å². The summed E-state index contributed by atoms with van der Waals surface area (Å²) in [6.07, 6.45) is -1.92. The van der Waals surface area contributed by atoms with Crippen molar-refractivity contribution in [2.45, 2.75) is 26.1 Å². The van der Waals surface area contributed by atoms with Crippen molar-refractivity contribution in [3.05, 3.63) is 33.8 Å². The predicted octanol–water partition coefficient (Wildman–Crippen LogP) is 2.43. The molecule has 1 aromatic carbocycles. The van der Waals surface area contributed by atoms with Crippen molar-refractivity contribution >= 4 is 32.8 Å². The highest BCUT2D eigenvalue weighted by Crippen LogP contribution is 2.24. The maximum Gasteiger partial charge on any atom is 0.185 e. The monoisotopic (exact) mass is 318 g/mol. The van der Waals surface area contributed by atoms with Gasteiger partial charge in [0.15, 0.2) is 5.12 Å². The number of carbonyl (C=O) groups is 1. The molecule has 0 fully saturated rings. The maximum absolute atomic E-state index is 10.8. The smallest absolute Gasteiger partial charge is 0.185 e. The van der Waals surface area contributed by atoms with Gasteiger partial charge in [-0.25, -0.2) is 0 Å². The molecule has 1 rings (SSSR count). The van der Waals surface area contributed by atoms with Gasteiger partial charge in [0.2, 0.25) is 0 Å². The lowest BCUT2D eigenvalue weighted by molar-refractivity contribution is -0.109. The van der Waals surface area contributed by atoms with Crippen molar-refractivity contribution in [1.82, 2.24) is 0 Å². The van der Waals surface area contributed by atoms with E-state index in [0.29, 0.717) is 5.56 Å². The largest absolute Gasteiger partial charge is 0.389 e. The summed E-state index contributed by atoms with van der Waals surface area (Å²) in [7, 11) is 0. The van der Waals surface area contributed by atoms with Crippen molar-refractivity contribution in [2.24, 2.45) is 0 Å². The second-order valence-corrected chi connectivity index (χ2v) is 5.99. The van der Waals surface area contributed by atoms with Gasteiger partial charge in [-0.1, -0.05) is 33.8 Å². The third kappa shape index (κ3) is 4.79. The number of aliphatic hydroxyl groups excluding tert-OH is 2. The number of aryl methyl sites for hydroxylation is 1. The quantitative estimate of drug-likeness (QED) is 0.895. The van der Waals surface area contributed by atoms with E-state index in [2.05, 4.69) is 15.9 Å². The number of benzene rings is 1. The molecule has 2 N–H and O–H groups in total. The molecule has 0 bridgehead atoms. The first-order valence-corrected chi connectivity index (χ1v) is 6.94. The Morgan fingerprint density at radius 2 is 2.06 bits per heavy atom. The SMILES string of the molecule is CC(=O)SCC(O)C(O)c1cc(C)cc(Br)c1. The van der Waals surface area contributed by atoms with Gasteiger partial charge in [0.25, 0.3) is 0 Å². The molecule has 2 unspecified atom stereocenters. The average molecular weight is 319 g/mol. The molecule has 0 saturated carbocycles. The summed E-state index contributed by atoms with van der Waals surface area (Å²) in [5.74, 6) is 0.196. The van der Waals surface area contributed by atoms with Crippen LogP contribution in [0.1, 0.15) is 24.2 Å². The third-order valence-corrected chi connectivity index (χ3v) is 3.60. The van der Waals surface area contributed by atoms with Crippen molar-refractivity contribution in [2.75, 3.05) is 5.75 Å². The lowest BCUT2D eigenvalue weighted by Crippen LogP contribution is -2.21. The molecule has 94 valence electrons. The molecule has 3 nitrogen and oxygen atoms in total. The van der Waals surface area contributed by atoms with E-state index < -0.39 is 12.2 Å². The van der Waals surface area contributed by atoms with E-state index >= 15 is 0 Å². The zero-order valence-electron chi connectivity index (χ0n) is 9.68. The van der Waals surface area contributed by atoms with E-state index in [1.165, 1.54) is 6.92 Å². The van der Waals surface area contributed by atoms with Crippen molar-refractivity contribution in [3.63, 3.8) is 0 Å². The lowest BCUT2D eigenvalue weighted by Gasteiger charge is -2.18. The van der Waals surface area contributed by atoms with Crippen LogP contribution in [0.15, 0.2) is 22.7 Å². The highest BCUT2D eigenvalue weighted by atomic mass is 79.9. The molecule has 0 saturated heterocycles. The van der Waals surface area contributed by atoms with Crippen LogP contribution in [0.4, 0.5) is 0 Å². The molecule has 2 atom stereocenters. The Hall–Kier alpha value is -0.360. The number of carbonyl (C=O) groups excluding carboxylic acids is 1. The zero-order valence-corrected chi connectivity index (χ0v) is 12.1. The van der Waals surface area contributed by atoms with E-state index in [9.17, 15) is 15.0 Å². The minimum absolute atomic E-state index is 0.0679. The van der Waals surface area contributed by atoms with Crippen LogP contribution in [-0.2, 0) is 4.79 Å². The summed E-state index contributed by atoms with van der Waals surface area (Å²) in [5.41, 5.74) is 1.65. The van der Waals surface area contributed by atoms with Gasteiger partial charge in [0.05, 0.1) is 6.10 Å². The highest BCUT2D eigenvalue weighted by Gasteiger charge is 2.19. The molecule has 17 heavy (non-hydrogen) atoms. The van der Waals surface area contributed by atoms with Crippen LogP contribution in [0, 0.1) is 6.92 Å². The van der Waals surface area contributed by atoms with Crippen LogP contribution < -0.4 is 0 Å². The van der Waals surface area contributed by atoms with Gasteiger partial charge in [-0.3, -0.25) is 4.79 Å². The van der Waals surface area contributed by atoms with Crippen LogP contribution in [0.3, 0.4) is 0 Å². The Labute approximate surface area is 113 Å². The van der Waals surface area contributed by atoms with Gasteiger partial charge >= 0.3 is 0 Å². The van der Waals surface area contributed by atoms with E-state index in [0.717, 1.165) is 21.8 Å². The number of hydrogen-bond acceptors (Lipinski definition) is 4. The molecular formula is C12H15BrO3S. The van der Waals surface area contributed by atoms with Gasteiger partial charge in [-0.2, -0.15) is 0 Å². The highest BCUT2D eigenvalue weighted by molar-refractivity contribution is 9.10. The molecule has 0 heterocycles. The fraction of sp³-hybridized carbons (Fsp3) is 0.417. The Morgan fingerprint density at radius 1 is 1.41 bits per heavy atom. The van der Waals surface area contributed by atoms with E-state index in [4.69, 9.17) is 0 Å². The Kier molecular flexibility index (Phi) is 5.66. The zero-order chi connectivity index (χ0) is 13.0. The molecule has 0 amide bonds. The maximum atomic E-state index is 10.8. The first-order valence-electron chi connectivity index (χ1n) is 5.16. The lowest BCUT2D eigenvalue weighted by atomic mass is 10.0. The standard InChI is InChI=1S/C12H15BrO3S/c1-7-3-9(5-10(13)4-7)12(16)11(15)6-17-8(2)14/h3-5,11-12,15-16H,6H2,1-2H3. The number of thioether (sulfide) groups is 1. The van der Waals surface area contributed by atoms with E-state index in [-0.39, 0.29) is 10.9 Å². The Balaban J connectivity index is 2.73. The van der Waals surface area contributed by atoms with Crippen LogP contribution >= 0.6 is 27.7 Å². The van der Waals surface area contributed by atoms with Gasteiger partial charge in [0.1, 0.15) is 6.10 Å². The summed E-state index contributed by atoms with van der Waals surface area (Å²) in [4.78, 5) is 10.8. The number of rotatable bonds is 4. The van der Waals surface area contributed by atoms with Crippen molar-refractivity contribution in [1.29, 1.82) is 0 Å². The molecule has 0 aliphatic carbocycles. The van der Waals surface area contributed by atoms with Crippen molar-refractivity contribution in [3.8, 4) is 0 Å². The van der Waals surface area contributed by atoms with Crippen LogP contribution in [0.2, 0.25) is 0 Å². The van der Waals surface area contributed by atoms with Gasteiger partial charge in [-0.05, 0) is 30.2 Å². The molecule has 0 radical (unpaired) electrons. The topological polar surface area (TPSA) is 57.5 Å². The Bertz CT molecular complexity index is 388. The summed E-state index contributed by atoms with van der Waals surface area (Å²) < 4.78 is 0.859. The van der Waals surface area contributed by atoms with Crippen LogP contribution in [0.5, 0.6) is 0 Å². The summed E-state index contributed by atoms with van der Waals surface area (Å²) in [6, 6.07) is 5.50. The predicted molar refractivity (Wildman–Crippen MR) is 73.0 cm³/mol. The Morgan fingerprint density at radius 3 is 2.59 bits per heavy atom. The number of halogens is 1. The van der Waals surface area contributed by atoms with Gasteiger partial charge in [0, 0.05) is 17.1 Å². The van der Waals surface area contributed by atoms with Crippen LogP contribution in [-0.4, -0.2) is 27.2 Å². The number of aliphatic hydroxyl groups is 2. The van der Waals surface area contributed by atoms with Gasteiger partial charge in [-0.15, -0.1) is 0 Å². The summed E-state index contributed by atoms with van der Waals surface area (Å²) in [5, 5.41) is 19.7. The normalized spacial score (nSPS) is 14.4. The minimum Gasteiger partial charge on any atom is -0.389 e. The first-order chi connectivity index (χ1) is 7.90. The second-order valence-electron chi connectivity index (χ2n) is 3.88. The van der Waals surface area contributed by atoms with E-state index in [1.807, 2.05) is 19.1 Å². The van der Waals surface area contributed by atoms with Gasteiger partial charge < -0.3 is 10.2 Å². The first kappa shape index (κ1) is 14.7. The summed E-state index contributed by atoms with van der Waals surface area (Å²) in [6.45, 7) is 3.35. The minimum atomic E-state index is -0.974. The molecule has 0 spiro atoms. The fourth-order valence-corrected chi connectivity index (χ4v) is 2.66. The molecule has 0 aromatic heterocycles. The number of hydrogen-bond donors (Lipinski definition) is 2. The molecular weight excluding hydrogens is 304 g/mol. The van der Waals surface area contributed by atoms with Crippen LogP contribution in [0.25, 0.3) is 0 Å². The van der Waals surface area contributed by atoms with E-state index in [1.54, 1.807) is 6.07 Å². The molecule has 0 aliphatic heterocycles. The molecule has 0 aliphatic rings.